The number of likely N-dealkylation sites (tertiary alicyclic amines) is 1. The van der Waals surface area contributed by atoms with Crippen LogP contribution in [0.3, 0.4) is 0 Å². The lowest BCUT2D eigenvalue weighted by Gasteiger charge is -2.25. The highest BCUT2D eigenvalue weighted by molar-refractivity contribution is 7.09. The largest absolute Gasteiger partial charge is 0.333 e. The van der Waals surface area contributed by atoms with Gasteiger partial charge >= 0.3 is 0 Å². The van der Waals surface area contributed by atoms with Gasteiger partial charge < -0.3 is 10.2 Å². The molecule has 23 heavy (non-hydrogen) atoms. The molecule has 1 saturated heterocycles. The van der Waals surface area contributed by atoms with Gasteiger partial charge in [-0.25, -0.2) is 4.98 Å². The van der Waals surface area contributed by atoms with Crippen molar-refractivity contribution in [2.24, 2.45) is 0 Å². The topological polar surface area (TPSA) is 62.3 Å². The van der Waals surface area contributed by atoms with Gasteiger partial charge in [-0.3, -0.25) is 9.59 Å². The standard InChI is InChI=1S/C17H19N3O2S/c1-12-18-15(11-23-12)13-5-4-6-14(9-13)19-16(21)10-20-8-3-2-7-17(20)22/h4-6,9,11H,2-3,7-8,10H2,1H3,(H,19,21). The zero-order chi connectivity index (χ0) is 16.2. The van der Waals surface area contributed by atoms with E-state index in [4.69, 9.17) is 0 Å². The Morgan fingerprint density at radius 2 is 2.26 bits per heavy atom. The van der Waals surface area contributed by atoms with E-state index in [0.717, 1.165) is 34.8 Å². The first-order chi connectivity index (χ1) is 11.1. The maximum absolute atomic E-state index is 12.2. The van der Waals surface area contributed by atoms with E-state index in [1.54, 1.807) is 16.2 Å². The van der Waals surface area contributed by atoms with E-state index >= 15 is 0 Å². The first-order valence-corrected chi connectivity index (χ1v) is 8.60. The first kappa shape index (κ1) is 15.7. The molecule has 0 aliphatic carbocycles. The van der Waals surface area contributed by atoms with Gasteiger partial charge in [-0.2, -0.15) is 0 Å². The third-order valence-corrected chi connectivity index (χ3v) is 4.59. The maximum Gasteiger partial charge on any atom is 0.243 e. The number of amides is 2. The third-order valence-electron chi connectivity index (χ3n) is 3.82. The number of rotatable bonds is 4. The van der Waals surface area contributed by atoms with Gasteiger partial charge in [0, 0.05) is 29.6 Å². The van der Waals surface area contributed by atoms with Gasteiger partial charge in [0.1, 0.15) is 0 Å². The van der Waals surface area contributed by atoms with Gasteiger partial charge in [0.2, 0.25) is 11.8 Å². The van der Waals surface area contributed by atoms with Crippen molar-refractivity contribution in [2.75, 3.05) is 18.4 Å². The Kier molecular flexibility index (Phi) is 4.71. The summed E-state index contributed by atoms with van der Waals surface area (Å²) in [5, 5.41) is 5.88. The minimum absolute atomic E-state index is 0.0677. The maximum atomic E-state index is 12.2. The molecule has 1 aliphatic heterocycles. The highest BCUT2D eigenvalue weighted by Crippen LogP contribution is 2.24. The van der Waals surface area contributed by atoms with Crippen LogP contribution < -0.4 is 5.32 Å². The number of aromatic nitrogens is 1. The summed E-state index contributed by atoms with van der Waals surface area (Å²) in [6, 6.07) is 7.62. The van der Waals surface area contributed by atoms with Crippen molar-refractivity contribution in [2.45, 2.75) is 26.2 Å². The minimum Gasteiger partial charge on any atom is -0.333 e. The molecule has 2 amide bonds. The van der Waals surface area contributed by atoms with Crippen LogP contribution in [0.2, 0.25) is 0 Å². The molecule has 1 N–H and O–H groups in total. The smallest absolute Gasteiger partial charge is 0.243 e. The van der Waals surface area contributed by atoms with Crippen molar-refractivity contribution >= 4 is 28.8 Å². The molecule has 120 valence electrons. The molecule has 0 saturated carbocycles. The Morgan fingerprint density at radius 3 is 3.00 bits per heavy atom. The Morgan fingerprint density at radius 1 is 1.39 bits per heavy atom. The Balaban J connectivity index is 1.65. The molecule has 0 unspecified atom stereocenters. The summed E-state index contributed by atoms with van der Waals surface area (Å²) in [4.78, 5) is 30.0. The molecular weight excluding hydrogens is 310 g/mol. The lowest BCUT2D eigenvalue weighted by Crippen LogP contribution is -2.40. The van der Waals surface area contributed by atoms with E-state index in [0.29, 0.717) is 13.0 Å². The van der Waals surface area contributed by atoms with Gasteiger partial charge in [0.25, 0.3) is 0 Å². The monoisotopic (exact) mass is 329 g/mol. The number of thiazole rings is 1. The van der Waals surface area contributed by atoms with E-state index in [1.165, 1.54) is 0 Å². The zero-order valence-corrected chi connectivity index (χ0v) is 13.9. The molecule has 1 aromatic carbocycles. The molecule has 2 aromatic rings. The number of nitrogens with one attached hydrogen (secondary N) is 1. The van der Waals surface area contributed by atoms with Crippen LogP contribution in [-0.2, 0) is 9.59 Å². The SMILES string of the molecule is Cc1nc(-c2cccc(NC(=O)CN3CCCCC3=O)c2)cs1. The average molecular weight is 329 g/mol. The van der Waals surface area contributed by atoms with Gasteiger partial charge in [-0.15, -0.1) is 11.3 Å². The summed E-state index contributed by atoms with van der Waals surface area (Å²) >= 11 is 1.60. The van der Waals surface area contributed by atoms with Crippen LogP contribution in [0.4, 0.5) is 5.69 Å². The van der Waals surface area contributed by atoms with E-state index in [9.17, 15) is 9.59 Å². The van der Waals surface area contributed by atoms with E-state index < -0.39 is 0 Å². The fourth-order valence-corrected chi connectivity index (χ4v) is 3.28. The normalized spacial score (nSPS) is 14.8. The van der Waals surface area contributed by atoms with Crippen molar-refractivity contribution in [3.05, 3.63) is 34.7 Å². The number of benzene rings is 1. The summed E-state index contributed by atoms with van der Waals surface area (Å²) in [7, 11) is 0. The zero-order valence-electron chi connectivity index (χ0n) is 13.0. The molecule has 0 atom stereocenters. The second-order valence-corrected chi connectivity index (χ2v) is 6.72. The van der Waals surface area contributed by atoms with Crippen LogP contribution in [0.5, 0.6) is 0 Å². The predicted octanol–water partition coefficient (Wildman–Crippen LogP) is 3.07. The second kappa shape index (κ2) is 6.91. The van der Waals surface area contributed by atoms with E-state index in [1.807, 2.05) is 36.6 Å². The molecule has 2 heterocycles. The van der Waals surface area contributed by atoms with Crippen LogP contribution in [-0.4, -0.2) is 34.8 Å². The summed E-state index contributed by atoms with van der Waals surface area (Å²) in [6.07, 6.45) is 2.44. The predicted molar refractivity (Wildman–Crippen MR) is 91.3 cm³/mol. The summed E-state index contributed by atoms with van der Waals surface area (Å²) < 4.78 is 0. The molecular formula is C17H19N3O2S. The molecule has 0 radical (unpaired) electrons. The van der Waals surface area contributed by atoms with Crippen LogP contribution >= 0.6 is 11.3 Å². The number of carbonyl (C=O) groups excluding carboxylic acids is 2. The molecule has 1 aliphatic rings. The van der Waals surface area contributed by atoms with Gasteiger partial charge in [-0.05, 0) is 31.9 Å². The molecule has 0 spiro atoms. The fraction of sp³-hybridized carbons (Fsp3) is 0.353. The number of aryl methyl sites for hydroxylation is 1. The number of nitrogens with zero attached hydrogens (tertiary/aromatic N) is 2. The van der Waals surface area contributed by atoms with Crippen LogP contribution in [0.1, 0.15) is 24.3 Å². The van der Waals surface area contributed by atoms with Crippen molar-refractivity contribution in [1.82, 2.24) is 9.88 Å². The second-order valence-electron chi connectivity index (χ2n) is 5.65. The van der Waals surface area contributed by atoms with Crippen LogP contribution in [0.25, 0.3) is 11.3 Å². The molecule has 6 heteroatoms. The Hall–Kier alpha value is -2.21. The highest BCUT2D eigenvalue weighted by Gasteiger charge is 2.20. The quantitative estimate of drug-likeness (QED) is 0.937. The van der Waals surface area contributed by atoms with Crippen molar-refractivity contribution in [3.63, 3.8) is 0 Å². The van der Waals surface area contributed by atoms with Gasteiger partial charge in [-0.1, -0.05) is 12.1 Å². The van der Waals surface area contributed by atoms with Crippen molar-refractivity contribution in [3.8, 4) is 11.3 Å². The molecule has 1 aromatic heterocycles. The highest BCUT2D eigenvalue weighted by atomic mass is 32.1. The lowest BCUT2D eigenvalue weighted by atomic mass is 10.1. The molecule has 5 nitrogen and oxygen atoms in total. The average Bonchev–Trinajstić information content (AvgIpc) is 2.96. The number of piperidine rings is 1. The van der Waals surface area contributed by atoms with Gasteiger partial charge in [0.05, 0.1) is 17.2 Å². The van der Waals surface area contributed by atoms with Crippen molar-refractivity contribution in [1.29, 1.82) is 0 Å². The summed E-state index contributed by atoms with van der Waals surface area (Å²) in [5.41, 5.74) is 2.61. The summed E-state index contributed by atoms with van der Waals surface area (Å²) in [6.45, 7) is 2.76. The molecule has 0 bridgehead atoms. The fourth-order valence-electron chi connectivity index (χ4n) is 2.66. The number of hydrogen-bond acceptors (Lipinski definition) is 4. The summed E-state index contributed by atoms with van der Waals surface area (Å²) in [5.74, 6) is -0.0926. The van der Waals surface area contributed by atoms with Crippen LogP contribution in [0, 0.1) is 6.92 Å². The van der Waals surface area contributed by atoms with Crippen molar-refractivity contribution < 1.29 is 9.59 Å². The van der Waals surface area contributed by atoms with Crippen LogP contribution in [0.15, 0.2) is 29.6 Å². The number of carbonyl (C=O) groups is 2. The minimum atomic E-state index is -0.160. The van der Waals surface area contributed by atoms with Gasteiger partial charge in [0.15, 0.2) is 0 Å². The molecule has 1 fully saturated rings. The Bertz CT molecular complexity index is 726. The Labute approximate surface area is 139 Å². The number of hydrogen-bond donors (Lipinski definition) is 1. The number of anilines is 1. The first-order valence-electron chi connectivity index (χ1n) is 7.72. The molecule has 3 rings (SSSR count). The van der Waals surface area contributed by atoms with E-state index in [2.05, 4.69) is 10.3 Å². The van der Waals surface area contributed by atoms with E-state index in [-0.39, 0.29) is 18.4 Å². The lowest BCUT2D eigenvalue weighted by molar-refractivity contribution is -0.136. The third kappa shape index (κ3) is 3.96.